The second-order valence-electron chi connectivity index (χ2n) is 5.42. The Labute approximate surface area is 148 Å². The maximum absolute atomic E-state index is 12.0. The molecule has 1 rings (SSSR count). The number of ketones is 1. The number of esters is 1. The minimum Gasteiger partial charge on any atom is -0.464 e. The summed E-state index contributed by atoms with van der Waals surface area (Å²) in [5.41, 5.74) is 0.838. The molecular weight excluding hydrogens is 322 g/mol. The Bertz CT molecular complexity index is 570. The molecule has 6 nitrogen and oxygen atoms in total. The van der Waals surface area contributed by atoms with Crippen LogP contribution in [0.4, 0.5) is 4.79 Å². The molecule has 0 heterocycles. The van der Waals surface area contributed by atoms with Crippen LogP contribution in [0.25, 0.3) is 0 Å². The van der Waals surface area contributed by atoms with E-state index in [9.17, 15) is 14.4 Å². The van der Waals surface area contributed by atoms with E-state index in [2.05, 4.69) is 11.9 Å². The van der Waals surface area contributed by atoms with Crippen molar-refractivity contribution in [1.29, 1.82) is 0 Å². The molecule has 0 spiro atoms. The number of hydrogen-bond donors (Lipinski definition) is 1. The molecule has 0 aromatic heterocycles. The van der Waals surface area contributed by atoms with Gasteiger partial charge in [-0.25, -0.2) is 9.59 Å². The highest BCUT2D eigenvalue weighted by molar-refractivity contribution is 5.83. The van der Waals surface area contributed by atoms with Gasteiger partial charge in [0.2, 0.25) is 0 Å². The molecular formula is C19H25NO5. The van der Waals surface area contributed by atoms with Gasteiger partial charge in [0.15, 0.2) is 0 Å². The molecule has 1 N–H and O–H groups in total. The van der Waals surface area contributed by atoms with Crippen LogP contribution in [0, 0.1) is 0 Å². The standard InChI is InChI=1S/C19H25NO5/c1-3-5-11-16(21)12-13-17(18(22)24-4-2)20-19(23)25-14-15-9-7-6-8-10-15/h3,6-10,17H,1,4-5,11-14H2,2H3,(H,20,23). The minimum absolute atomic E-state index is 0.00801. The highest BCUT2D eigenvalue weighted by atomic mass is 16.6. The number of alkyl carbamates (subject to hydrolysis) is 1. The largest absolute Gasteiger partial charge is 0.464 e. The Kier molecular flexibility index (Phi) is 9.67. The molecule has 0 saturated heterocycles. The third-order valence-electron chi connectivity index (χ3n) is 3.42. The van der Waals surface area contributed by atoms with E-state index in [-0.39, 0.29) is 31.8 Å². The zero-order chi connectivity index (χ0) is 18.5. The van der Waals surface area contributed by atoms with Gasteiger partial charge in [-0.3, -0.25) is 4.79 Å². The van der Waals surface area contributed by atoms with Crippen LogP contribution in [0.5, 0.6) is 0 Å². The number of carbonyl (C=O) groups excluding carboxylic acids is 3. The average Bonchev–Trinajstić information content (AvgIpc) is 2.62. The fourth-order valence-corrected chi connectivity index (χ4v) is 2.09. The van der Waals surface area contributed by atoms with E-state index >= 15 is 0 Å². The minimum atomic E-state index is -0.907. The SMILES string of the molecule is C=CCCC(=O)CCC(NC(=O)OCc1ccccc1)C(=O)OCC. The van der Waals surface area contributed by atoms with Crippen molar-refractivity contribution in [1.82, 2.24) is 5.32 Å². The van der Waals surface area contributed by atoms with Gasteiger partial charge in [0.25, 0.3) is 0 Å². The number of amides is 1. The molecule has 6 heteroatoms. The van der Waals surface area contributed by atoms with Crippen LogP contribution in [0.15, 0.2) is 43.0 Å². The van der Waals surface area contributed by atoms with Gasteiger partial charge < -0.3 is 14.8 Å². The van der Waals surface area contributed by atoms with Gasteiger partial charge in [0, 0.05) is 12.8 Å². The summed E-state index contributed by atoms with van der Waals surface area (Å²) >= 11 is 0. The van der Waals surface area contributed by atoms with Gasteiger partial charge in [-0.1, -0.05) is 36.4 Å². The van der Waals surface area contributed by atoms with Crippen LogP contribution in [-0.2, 0) is 25.7 Å². The average molecular weight is 347 g/mol. The van der Waals surface area contributed by atoms with Gasteiger partial charge in [-0.15, -0.1) is 6.58 Å². The van der Waals surface area contributed by atoms with Crippen molar-refractivity contribution in [3.05, 3.63) is 48.6 Å². The summed E-state index contributed by atoms with van der Waals surface area (Å²) in [6.45, 7) is 5.54. The number of allylic oxidation sites excluding steroid dienone is 1. The Hall–Kier alpha value is -2.63. The lowest BCUT2D eigenvalue weighted by Crippen LogP contribution is -2.42. The summed E-state index contributed by atoms with van der Waals surface area (Å²) in [7, 11) is 0. The zero-order valence-electron chi connectivity index (χ0n) is 14.5. The molecule has 136 valence electrons. The number of Topliss-reactive ketones (excluding diaryl/α,β-unsaturated/α-hetero) is 1. The fourth-order valence-electron chi connectivity index (χ4n) is 2.09. The summed E-state index contributed by atoms with van der Waals surface area (Å²) in [6, 6.07) is 8.29. The molecule has 1 atom stereocenters. The first-order valence-corrected chi connectivity index (χ1v) is 8.33. The topological polar surface area (TPSA) is 81.7 Å². The molecule has 0 bridgehead atoms. The van der Waals surface area contributed by atoms with Crippen LogP contribution < -0.4 is 5.32 Å². The predicted octanol–water partition coefficient (Wildman–Crippen LogP) is 3.16. The molecule has 0 aliphatic heterocycles. The van der Waals surface area contributed by atoms with Gasteiger partial charge >= 0.3 is 12.1 Å². The van der Waals surface area contributed by atoms with Gasteiger partial charge in [-0.05, 0) is 25.3 Å². The monoisotopic (exact) mass is 347 g/mol. The van der Waals surface area contributed by atoms with Crippen LogP contribution in [0.2, 0.25) is 0 Å². The summed E-state index contributed by atoms with van der Waals surface area (Å²) in [5.74, 6) is -0.565. The third kappa shape index (κ3) is 8.69. The highest BCUT2D eigenvalue weighted by Crippen LogP contribution is 2.06. The van der Waals surface area contributed by atoms with E-state index in [0.29, 0.717) is 12.8 Å². The molecule has 0 saturated carbocycles. The van der Waals surface area contributed by atoms with Crippen molar-refractivity contribution in [2.24, 2.45) is 0 Å². The maximum Gasteiger partial charge on any atom is 0.408 e. The van der Waals surface area contributed by atoms with E-state index in [1.165, 1.54) is 0 Å². The lowest BCUT2D eigenvalue weighted by molar-refractivity contribution is -0.145. The molecule has 0 aliphatic rings. The van der Waals surface area contributed by atoms with Crippen molar-refractivity contribution in [2.45, 2.75) is 45.3 Å². The second kappa shape index (κ2) is 11.8. The lowest BCUT2D eigenvalue weighted by atomic mass is 10.1. The predicted molar refractivity (Wildman–Crippen MR) is 93.9 cm³/mol. The highest BCUT2D eigenvalue weighted by Gasteiger charge is 2.23. The molecule has 1 aromatic carbocycles. The molecule has 1 amide bonds. The molecule has 0 fully saturated rings. The lowest BCUT2D eigenvalue weighted by Gasteiger charge is -2.17. The first-order valence-electron chi connectivity index (χ1n) is 8.33. The van der Waals surface area contributed by atoms with Crippen molar-refractivity contribution >= 4 is 17.8 Å². The quantitative estimate of drug-likeness (QED) is 0.491. The Morgan fingerprint density at radius 3 is 2.52 bits per heavy atom. The summed E-state index contributed by atoms with van der Waals surface area (Å²) in [5, 5.41) is 2.48. The van der Waals surface area contributed by atoms with Crippen LogP contribution >= 0.6 is 0 Å². The normalized spacial score (nSPS) is 11.2. The van der Waals surface area contributed by atoms with E-state index < -0.39 is 18.1 Å². The van der Waals surface area contributed by atoms with Crippen molar-refractivity contribution in [3.63, 3.8) is 0 Å². The Morgan fingerprint density at radius 1 is 1.16 bits per heavy atom. The molecule has 1 aromatic rings. The van der Waals surface area contributed by atoms with Gasteiger partial charge in [0.05, 0.1) is 6.61 Å². The molecule has 0 aliphatic carbocycles. The molecule has 1 unspecified atom stereocenters. The second-order valence-corrected chi connectivity index (χ2v) is 5.42. The fraction of sp³-hybridized carbons (Fsp3) is 0.421. The van der Waals surface area contributed by atoms with Crippen LogP contribution in [-0.4, -0.2) is 30.5 Å². The van der Waals surface area contributed by atoms with E-state index in [1.807, 2.05) is 30.3 Å². The first-order chi connectivity index (χ1) is 12.1. The maximum atomic E-state index is 12.0. The van der Waals surface area contributed by atoms with Crippen molar-refractivity contribution in [2.75, 3.05) is 6.61 Å². The van der Waals surface area contributed by atoms with E-state index in [0.717, 1.165) is 5.56 Å². The Morgan fingerprint density at radius 2 is 1.88 bits per heavy atom. The van der Waals surface area contributed by atoms with E-state index in [1.54, 1.807) is 13.0 Å². The number of benzene rings is 1. The van der Waals surface area contributed by atoms with Crippen LogP contribution in [0.1, 0.15) is 38.2 Å². The summed E-state index contributed by atoms with van der Waals surface area (Å²) in [4.78, 5) is 35.6. The van der Waals surface area contributed by atoms with Crippen molar-refractivity contribution in [3.8, 4) is 0 Å². The van der Waals surface area contributed by atoms with Gasteiger partial charge in [0.1, 0.15) is 18.4 Å². The number of rotatable bonds is 11. The number of hydrogen-bond acceptors (Lipinski definition) is 5. The molecule has 0 radical (unpaired) electrons. The van der Waals surface area contributed by atoms with E-state index in [4.69, 9.17) is 9.47 Å². The van der Waals surface area contributed by atoms with Gasteiger partial charge in [-0.2, -0.15) is 0 Å². The summed E-state index contributed by atoms with van der Waals surface area (Å²) < 4.78 is 10.0. The number of nitrogens with one attached hydrogen (secondary N) is 1. The zero-order valence-corrected chi connectivity index (χ0v) is 14.5. The number of carbonyl (C=O) groups is 3. The summed E-state index contributed by atoms with van der Waals surface area (Å²) in [6.07, 6.45) is 2.26. The van der Waals surface area contributed by atoms with Crippen molar-refractivity contribution < 1.29 is 23.9 Å². The smallest absolute Gasteiger partial charge is 0.408 e. The first kappa shape index (κ1) is 20.4. The van der Waals surface area contributed by atoms with Crippen LogP contribution in [0.3, 0.4) is 0 Å². The Balaban J connectivity index is 2.51. The number of ether oxygens (including phenoxy) is 2. The third-order valence-corrected chi connectivity index (χ3v) is 3.42. The molecule has 25 heavy (non-hydrogen) atoms.